The summed E-state index contributed by atoms with van der Waals surface area (Å²) in [5.41, 5.74) is 4.14. The fraction of sp³-hybridized carbons (Fsp3) is 0.643. The lowest BCUT2D eigenvalue weighted by Crippen LogP contribution is -2.60. The van der Waals surface area contributed by atoms with Gasteiger partial charge in [0.25, 0.3) is 0 Å². The first-order valence-electron chi connectivity index (χ1n) is 13.3. The van der Waals surface area contributed by atoms with Crippen LogP contribution in [-0.2, 0) is 19.1 Å². The molecule has 0 spiro atoms. The summed E-state index contributed by atoms with van der Waals surface area (Å²) < 4.78 is 5.32. The van der Waals surface area contributed by atoms with Crippen molar-refractivity contribution in [2.24, 2.45) is 5.73 Å². The Hall–Kier alpha value is -3.30. The highest BCUT2D eigenvalue weighted by Crippen LogP contribution is 2.34. The minimum atomic E-state index is -1.37. The van der Waals surface area contributed by atoms with Gasteiger partial charge in [-0.25, -0.2) is 4.79 Å². The first-order chi connectivity index (χ1) is 17.6. The van der Waals surface area contributed by atoms with Gasteiger partial charge in [-0.15, -0.1) is 0 Å². The van der Waals surface area contributed by atoms with Gasteiger partial charge in [-0.1, -0.05) is 38.3 Å². The molecule has 0 heterocycles. The zero-order chi connectivity index (χ0) is 28.7. The largest absolute Gasteiger partial charge is 0.508 e. The molecular formula is C28H44N4O6. The van der Waals surface area contributed by atoms with Crippen LogP contribution in [0.1, 0.15) is 98.1 Å². The number of nitrogens with one attached hydrogen (secondary N) is 2. The lowest BCUT2D eigenvalue weighted by atomic mass is 9.90. The van der Waals surface area contributed by atoms with Crippen molar-refractivity contribution < 1.29 is 29.0 Å². The SMILES string of the molecule is CCC(C)(C)N(C(=O)C(CC(N)=O)NC(=O)OC(C)(C)C)C(C(=O)NC1CCCCC1)c1cccc(O)c1. The zero-order valence-electron chi connectivity index (χ0n) is 23.5. The fourth-order valence-electron chi connectivity index (χ4n) is 4.60. The highest BCUT2D eigenvalue weighted by molar-refractivity contribution is 5.95. The number of nitrogens with two attached hydrogens (primary N) is 1. The molecule has 0 saturated heterocycles. The number of rotatable bonds is 10. The van der Waals surface area contributed by atoms with Gasteiger partial charge in [-0.2, -0.15) is 0 Å². The summed E-state index contributed by atoms with van der Waals surface area (Å²) in [4.78, 5) is 54.0. The van der Waals surface area contributed by atoms with E-state index in [1.54, 1.807) is 32.9 Å². The van der Waals surface area contributed by atoms with Crippen molar-refractivity contribution in [3.8, 4) is 5.75 Å². The number of phenolic OH excluding ortho intramolecular Hbond substituents is 1. The van der Waals surface area contributed by atoms with E-state index in [9.17, 15) is 24.3 Å². The number of amides is 4. The van der Waals surface area contributed by atoms with Crippen LogP contribution >= 0.6 is 0 Å². The average Bonchev–Trinajstić information content (AvgIpc) is 2.80. The minimum absolute atomic E-state index is 0.0287. The minimum Gasteiger partial charge on any atom is -0.508 e. The molecule has 5 N–H and O–H groups in total. The van der Waals surface area contributed by atoms with Crippen molar-refractivity contribution in [1.82, 2.24) is 15.5 Å². The molecule has 1 aliphatic rings. The molecule has 0 aliphatic heterocycles. The number of benzene rings is 1. The Labute approximate surface area is 225 Å². The first-order valence-corrected chi connectivity index (χ1v) is 13.3. The lowest BCUT2D eigenvalue weighted by molar-refractivity contribution is -0.150. The Morgan fingerprint density at radius 3 is 2.26 bits per heavy atom. The molecule has 0 radical (unpaired) electrons. The molecular weight excluding hydrogens is 488 g/mol. The molecule has 2 rings (SSSR count). The van der Waals surface area contributed by atoms with Crippen molar-refractivity contribution in [3.63, 3.8) is 0 Å². The number of hydrogen-bond donors (Lipinski definition) is 4. The molecule has 1 saturated carbocycles. The second kappa shape index (κ2) is 13.0. The number of ether oxygens (including phenoxy) is 1. The summed E-state index contributed by atoms with van der Waals surface area (Å²) in [6.07, 6.45) is 3.90. The van der Waals surface area contributed by atoms with E-state index in [1.165, 1.54) is 17.0 Å². The third-order valence-electron chi connectivity index (χ3n) is 6.79. The predicted octanol–water partition coefficient (Wildman–Crippen LogP) is 3.67. The maximum atomic E-state index is 14.2. The number of carbonyl (C=O) groups is 4. The Kier molecular flexibility index (Phi) is 10.6. The van der Waals surface area contributed by atoms with Crippen LogP contribution in [0.5, 0.6) is 5.75 Å². The van der Waals surface area contributed by atoms with E-state index in [0.29, 0.717) is 12.0 Å². The predicted molar refractivity (Wildman–Crippen MR) is 144 cm³/mol. The van der Waals surface area contributed by atoms with Crippen LogP contribution in [0, 0.1) is 0 Å². The lowest BCUT2D eigenvalue weighted by Gasteiger charge is -2.45. The van der Waals surface area contributed by atoms with Crippen LogP contribution < -0.4 is 16.4 Å². The molecule has 10 heteroatoms. The summed E-state index contributed by atoms with van der Waals surface area (Å²) in [6, 6.07) is 3.67. The average molecular weight is 533 g/mol. The molecule has 0 bridgehead atoms. The molecule has 4 amide bonds. The topological polar surface area (TPSA) is 151 Å². The molecule has 1 aromatic carbocycles. The van der Waals surface area contributed by atoms with E-state index in [0.717, 1.165) is 32.1 Å². The van der Waals surface area contributed by atoms with E-state index < -0.39 is 53.5 Å². The Morgan fingerprint density at radius 2 is 1.74 bits per heavy atom. The maximum absolute atomic E-state index is 14.2. The Morgan fingerprint density at radius 1 is 1.11 bits per heavy atom. The van der Waals surface area contributed by atoms with Crippen molar-refractivity contribution in [2.75, 3.05) is 0 Å². The summed E-state index contributed by atoms with van der Waals surface area (Å²) in [5, 5.41) is 15.8. The second-order valence-corrected chi connectivity index (χ2v) is 11.6. The molecule has 212 valence electrons. The third-order valence-corrected chi connectivity index (χ3v) is 6.79. The van der Waals surface area contributed by atoms with Crippen LogP contribution in [0.4, 0.5) is 4.79 Å². The second-order valence-electron chi connectivity index (χ2n) is 11.6. The fourth-order valence-corrected chi connectivity index (χ4v) is 4.60. The molecule has 10 nitrogen and oxygen atoms in total. The maximum Gasteiger partial charge on any atom is 0.408 e. The summed E-state index contributed by atoms with van der Waals surface area (Å²) in [5.74, 6) is -1.91. The monoisotopic (exact) mass is 532 g/mol. The van der Waals surface area contributed by atoms with E-state index in [4.69, 9.17) is 10.5 Å². The van der Waals surface area contributed by atoms with Crippen LogP contribution in [0.2, 0.25) is 0 Å². The number of alkyl carbamates (subject to hydrolysis) is 1. The molecule has 2 unspecified atom stereocenters. The number of phenols is 1. The number of aromatic hydroxyl groups is 1. The Balaban J connectivity index is 2.57. The van der Waals surface area contributed by atoms with Gasteiger partial charge >= 0.3 is 6.09 Å². The number of nitrogens with zero attached hydrogens (tertiary/aromatic N) is 1. The molecule has 1 fully saturated rings. The standard InChI is InChI=1S/C28H44N4O6/c1-7-28(5,6)32(25(36)21(17-22(29)34)31-26(37)38-27(2,3)4)23(18-12-11-15-20(33)16-18)24(35)30-19-13-9-8-10-14-19/h11-12,15-16,19,21,23,33H,7-10,13-14,17H2,1-6H3,(H2,29,34)(H,30,35)(H,31,37). The number of primary amides is 1. The van der Waals surface area contributed by atoms with Gasteiger partial charge in [0.2, 0.25) is 17.7 Å². The van der Waals surface area contributed by atoms with Crippen LogP contribution in [-0.4, -0.2) is 57.0 Å². The van der Waals surface area contributed by atoms with Gasteiger partial charge in [0, 0.05) is 11.6 Å². The van der Waals surface area contributed by atoms with Crippen molar-refractivity contribution in [1.29, 1.82) is 0 Å². The summed E-state index contributed by atoms with van der Waals surface area (Å²) in [7, 11) is 0. The zero-order valence-corrected chi connectivity index (χ0v) is 23.5. The van der Waals surface area contributed by atoms with Gasteiger partial charge in [0.05, 0.1) is 6.42 Å². The molecule has 0 aromatic heterocycles. The number of hydrogen-bond acceptors (Lipinski definition) is 6. The van der Waals surface area contributed by atoms with Crippen LogP contribution in [0.15, 0.2) is 24.3 Å². The molecule has 38 heavy (non-hydrogen) atoms. The van der Waals surface area contributed by atoms with Gasteiger partial charge in [0.1, 0.15) is 23.4 Å². The summed E-state index contributed by atoms with van der Waals surface area (Å²) in [6.45, 7) is 10.5. The van der Waals surface area contributed by atoms with E-state index in [1.807, 2.05) is 20.8 Å². The molecule has 1 aliphatic carbocycles. The van der Waals surface area contributed by atoms with Gasteiger partial charge < -0.3 is 31.1 Å². The van der Waals surface area contributed by atoms with E-state index >= 15 is 0 Å². The Bertz CT molecular complexity index is 997. The van der Waals surface area contributed by atoms with Crippen molar-refractivity contribution >= 4 is 23.8 Å². The van der Waals surface area contributed by atoms with Gasteiger partial charge in [-0.3, -0.25) is 14.4 Å². The van der Waals surface area contributed by atoms with Crippen LogP contribution in [0.25, 0.3) is 0 Å². The molecule has 2 atom stereocenters. The summed E-state index contributed by atoms with van der Waals surface area (Å²) >= 11 is 0. The smallest absolute Gasteiger partial charge is 0.408 e. The quantitative estimate of drug-likeness (QED) is 0.361. The van der Waals surface area contributed by atoms with E-state index in [2.05, 4.69) is 10.6 Å². The molecule has 1 aromatic rings. The third kappa shape index (κ3) is 8.92. The van der Waals surface area contributed by atoms with E-state index in [-0.39, 0.29) is 11.8 Å². The van der Waals surface area contributed by atoms with Crippen molar-refractivity contribution in [2.45, 2.75) is 116 Å². The number of carbonyl (C=O) groups excluding carboxylic acids is 4. The van der Waals surface area contributed by atoms with Crippen molar-refractivity contribution in [3.05, 3.63) is 29.8 Å². The van der Waals surface area contributed by atoms with Crippen LogP contribution in [0.3, 0.4) is 0 Å². The highest BCUT2D eigenvalue weighted by Gasteiger charge is 2.44. The highest BCUT2D eigenvalue weighted by atomic mass is 16.6. The normalized spacial score (nSPS) is 16.2. The van der Waals surface area contributed by atoms with Gasteiger partial charge in [0.15, 0.2) is 0 Å². The first kappa shape index (κ1) is 30.9. The van der Waals surface area contributed by atoms with Gasteiger partial charge in [-0.05, 0) is 71.6 Å².